The summed E-state index contributed by atoms with van der Waals surface area (Å²) in [6, 6.07) is 6.72. The topological polar surface area (TPSA) is 32.7 Å². The van der Waals surface area contributed by atoms with Gasteiger partial charge < -0.3 is 9.84 Å². The molecule has 0 spiro atoms. The number of nitrogens with zero attached hydrogens (tertiary/aromatic N) is 1. The second kappa shape index (κ2) is 7.81. The SMILES string of the molecule is CCCOc1ccc(C(C(C)CO)N2CCCC2)c(C)c1. The van der Waals surface area contributed by atoms with Gasteiger partial charge in [0.2, 0.25) is 0 Å². The number of hydrogen-bond donors (Lipinski definition) is 1. The molecule has 0 amide bonds. The summed E-state index contributed by atoms with van der Waals surface area (Å²) >= 11 is 0. The largest absolute Gasteiger partial charge is 0.494 e. The molecular formula is C18H29NO2. The summed E-state index contributed by atoms with van der Waals surface area (Å²) in [6.07, 6.45) is 3.57. The zero-order valence-electron chi connectivity index (χ0n) is 13.6. The summed E-state index contributed by atoms with van der Waals surface area (Å²) in [7, 11) is 0. The second-order valence-corrected chi connectivity index (χ2v) is 6.21. The first-order chi connectivity index (χ1) is 10.2. The molecule has 1 fully saturated rings. The van der Waals surface area contributed by atoms with Crippen LogP contribution >= 0.6 is 0 Å². The maximum atomic E-state index is 9.64. The van der Waals surface area contributed by atoms with Gasteiger partial charge in [-0.05, 0) is 68.5 Å². The third-order valence-electron chi connectivity index (χ3n) is 4.39. The number of hydrogen-bond acceptors (Lipinski definition) is 3. The summed E-state index contributed by atoms with van der Waals surface area (Å²) in [6.45, 7) is 9.69. The Bertz CT molecular complexity index is 441. The molecule has 1 aromatic carbocycles. The number of benzene rings is 1. The van der Waals surface area contributed by atoms with Crippen LogP contribution in [0.2, 0.25) is 0 Å². The van der Waals surface area contributed by atoms with Crippen molar-refractivity contribution in [1.29, 1.82) is 0 Å². The molecule has 118 valence electrons. The molecule has 0 saturated carbocycles. The third kappa shape index (κ3) is 3.98. The Balaban J connectivity index is 2.22. The van der Waals surface area contributed by atoms with E-state index in [2.05, 4.69) is 43.9 Å². The predicted octanol–water partition coefficient (Wildman–Crippen LogP) is 3.55. The Morgan fingerprint density at radius 1 is 1.29 bits per heavy atom. The van der Waals surface area contributed by atoms with Gasteiger partial charge in [-0.15, -0.1) is 0 Å². The van der Waals surface area contributed by atoms with Gasteiger partial charge in [-0.25, -0.2) is 0 Å². The van der Waals surface area contributed by atoms with Crippen LogP contribution < -0.4 is 4.74 Å². The Hall–Kier alpha value is -1.06. The summed E-state index contributed by atoms with van der Waals surface area (Å²) in [4.78, 5) is 2.52. The van der Waals surface area contributed by atoms with Crippen LogP contribution in [-0.4, -0.2) is 36.3 Å². The molecule has 2 rings (SSSR count). The second-order valence-electron chi connectivity index (χ2n) is 6.21. The number of rotatable bonds is 7. The van der Waals surface area contributed by atoms with E-state index in [0.717, 1.165) is 31.9 Å². The molecule has 1 aromatic rings. The van der Waals surface area contributed by atoms with E-state index in [-0.39, 0.29) is 12.5 Å². The van der Waals surface area contributed by atoms with Gasteiger partial charge in [-0.1, -0.05) is 19.9 Å². The third-order valence-corrected chi connectivity index (χ3v) is 4.39. The standard InChI is InChI=1S/C18H29NO2/c1-4-11-21-16-7-8-17(14(2)12-16)18(15(3)13-20)19-9-5-6-10-19/h7-8,12,15,18,20H,4-6,9-11,13H2,1-3H3. The predicted molar refractivity (Wildman–Crippen MR) is 86.8 cm³/mol. The lowest BCUT2D eigenvalue weighted by molar-refractivity contribution is 0.125. The molecule has 1 aliphatic rings. The number of aryl methyl sites for hydroxylation is 1. The van der Waals surface area contributed by atoms with E-state index in [0.29, 0.717) is 6.04 Å². The highest BCUT2D eigenvalue weighted by atomic mass is 16.5. The van der Waals surface area contributed by atoms with Crippen molar-refractivity contribution in [2.45, 2.75) is 46.1 Å². The van der Waals surface area contributed by atoms with Crippen molar-refractivity contribution in [3.05, 3.63) is 29.3 Å². The van der Waals surface area contributed by atoms with Crippen LogP contribution in [-0.2, 0) is 0 Å². The van der Waals surface area contributed by atoms with Gasteiger partial charge in [0.15, 0.2) is 0 Å². The van der Waals surface area contributed by atoms with Crippen LogP contribution in [0.25, 0.3) is 0 Å². The molecule has 0 aromatic heterocycles. The van der Waals surface area contributed by atoms with Gasteiger partial charge in [0, 0.05) is 12.6 Å². The minimum absolute atomic E-state index is 0.231. The van der Waals surface area contributed by atoms with Crippen molar-refractivity contribution in [3.63, 3.8) is 0 Å². The minimum Gasteiger partial charge on any atom is -0.494 e. The van der Waals surface area contributed by atoms with Crippen LogP contribution in [0.5, 0.6) is 5.75 Å². The fraction of sp³-hybridized carbons (Fsp3) is 0.667. The normalized spacial score (nSPS) is 18.7. The first kappa shape index (κ1) is 16.3. The van der Waals surface area contributed by atoms with Gasteiger partial charge in [-0.2, -0.15) is 0 Å². The number of aliphatic hydroxyl groups excluding tert-OH is 1. The maximum Gasteiger partial charge on any atom is 0.119 e. The number of ether oxygens (including phenoxy) is 1. The van der Waals surface area contributed by atoms with Crippen LogP contribution in [0.4, 0.5) is 0 Å². The molecule has 3 nitrogen and oxygen atoms in total. The molecule has 1 aliphatic heterocycles. The summed E-state index contributed by atoms with van der Waals surface area (Å²) in [5.74, 6) is 1.21. The summed E-state index contributed by atoms with van der Waals surface area (Å²) < 4.78 is 5.72. The van der Waals surface area contributed by atoms with Gasteiger partial charge in [0.05, 0.1) is 6.61 Å². The van der Waals surface area contributed by atoms with Gasteiger partial charge >= 0.3 is 0 Å². The van der Waals surface area contributed by atoms with E-state index in [9.17, 15) is 5.11 Å². The van der Waals surface area contributed by atoms with Crippen LogP contribution in [0.1, 0.15) is 50.3 Å². The van der Waals surface area contributed by atoms with Crippen LogP contribution in [0.15, 0.2) is 18.2 Å². The van der Waals surface area contributed by atoms with E-state index >= 15 is 0 Å². The Morgan fingerprint density at radius 2 is 2.00 bits per heavy atom. The molecule has 2 atom stereocenters. The van der Waals surface area contributed by atoms with Crippen molar-refractivity contribution < 1.29 is 9.84 Å². The molecule has 1 N–H and O–H groups in total. The number of likely N-dealkylation sites (tertiary alicyclic amines) is 1. The fourth-order valence-electron chi connectivity index (χ4n) is 3.27. The Kier molecular flexibility index (Phi) is 6.07. The highest BCUT2D eigenvalue weighted by Crippen LogP contribution is 2.34. The maximum absolute atomic E-state index is 9.64. The van der Waals surface area contributed by atoms with E-state index in [1.807, 2.05) is 0 Å². The first-order valence-corrected chi connectivity index (χ1v) is 8.25. The van der Waals surface area contributed by atoms with Crippen molar-refractivity contribution in [3.8, 4) is 5.75 Å². The zero-order chi connectivity index (χ0) is 15.2. The Morgan fingerprint density at radius 3 is 2.57 bits per heavy atom. The van der Waals surface area contributed by atoms with Gasteiger partial charge in [0.25, 0.3) is 0 Å². The van der Waals surface area contributed by atoms with Crippen molar-refractivity contribution in [2.75, 3.05) is 26.3 Å². The van der Waals surface area contributed by atoms with E-state index in [1.165, 1.54) is 24.0 Å². The highest BCUT2D eigenvalue weighted by Gasteiger charge is 2.29. The van der Waals surface area contributed by atoms with E-state index in [4.69, 9.17) is 4.74 Å². The monoisotopic (exact) mass is 291 g/mol. The molecule has 1 heterocycles. The molecule has 0 radical (unpaired) electrons. The first-order valence-electron chi connectivity index (χ1n) is 8.25. The Labute approximate surface area is 128 Å². The molecule has 0 aliphatic carbocycles. The fourth-order valence-corrected chi connectivity index (χ4v) is 3.27. The quantitative estimate of drug-likeness (QED) is 0.834. The highest BCUT2D eigenvalue weighted by molar-refractivity contribution is 5.37. The molecule has 3 heteroatoms. The lowest BCUT2D eigenvalue weighted by atomic mass is 9.90. The van der Waals surface area contributed by atoms with Gasteiger partial charge in [-0.3, -0.25) is 4.90 Å². The van der Waals surface area contributed by atoms with Gasteiger partial charge in [0.1, 0.15) is 5.75 Å². The average Bonchev–Trinajstić information content (AvgIpc) is 3.01. The average molecular weight is 291 g/mol. The summed E-state index contributed by atoms with van der Waals surface area (Å²) in [5.41, 5.74) is 2.60. The van der Waals surface area contributed by atoms with Crippen molar-refractivity contribution >= 4 is 0 Å². The van der Waals surface area contributed by atoms with Crippen molar-refractivity contribution in [2.24, 2.45) is 5.92 Å². The zero-order valence-corrected chi connectivity index (χ0v) is 13.6. The smallest absolute Gasteiger partial charge is 0.119 e. The lowest BCUT2D eigenvalue weighted by Crippen LogP contribution is -2.32. The lowest BCUT2D eigenvalue weighted by Gasteiger charge is -2.33. The van der Waals surface area contributed by atoms with Crippen LogP contribution in [0.3, 0.4) is 0 Å². The number of aliphatic hydroxyl groups is 1. The molecular weight excluding hydrogens is 262 g/mol. The summed E-state index contributed by atoms with van der Waals surface area (Å²) in [5, 5.41) is 9.64. The van der Waals surface area contributed by atoms with E-state index in [1.54, 1.807) is 0 Å². The molecule has 0 bridgehead atoms. The molecule has 1 saturated heterocycles. The van der Waals surface area contributed by atoms with Crippen LogP contribution in [0, 0.1) is 12.8 Å². The molecule has 21 heavy (non-hydrogen) atoms. The van der Waals surface area contributed by atoms with E-state index < -0.39 is 0 Å². The minimum atomic E-state index is 0.231. The van der Waals surface area contributed by atoms with Crippen molar-refractivity contribution in [1.82, 2.24) is 4.90 Å². The molecule has 2 unspecified atom stereocenters.